The van der Waals surface area contributed by atoms with Crippen LogP contribution in [-0.4, -0.2) is 64.5 Å². The molecule has 7 nitrogen and oxygen atoms in total. The highest BCUT2D eigenvalue weighted by Gasteiger charge is 2.41. The molecule has 0 aromatic heterocycles. The van der Waals surface area contributed by atoms with Gasteiger partial charge in [0.05, 0.1) is 0 Å². The van der Waals surface area contributed by atoms with E-state index in [1.54, 1.807) is 4.90 Å². The molecule has 3 amide bonds. The fourth-order valence-corrected chi connectivity index (χ4v) is 2.29. The number of carboxylic acids is 1. The molecule has 1 saturated heterocycles. The van der Waals surface area contributed by atoms with Gasteiger partial charge in [0.15, 0.2) is 0 Å². The lowest BCUT2D eigenvalue weighted by Gasteiger charge is -2.36. The van der Waals surface area contributed by atoms with Crippen LogP contribution < -0.4 is 5.32 Å². The Labute approximate surface area is 111 Å². The predicted octanol–water partition coefficient (Wildman–Crippen LogP) is -0.134. The van der Waals surface area contributed by atoms with E-state index in [1.807, 2.05) is 6.92 Å². The average Bonchev–Trinajstić information content (AvgIpc) is 3.19. The van der Waals surface area contributed by atoms with E-state index in [1.165, 1.54) is 4.90 Å². The van der Waals surface area contributed by atoms with Gasteiger partial charge >= 0.3 is 12.0 Å². The van der Waals surface area contributed by atoms with Crippen LogP contribution in [0.15, 0.2) is 0 Å². The third-order valence-corrected chi connectivity index (χ3v) is 3.41. The highest BCUT2D eigenvalue weighted by atomic mass is 16.4. The summed E-state index contributed by atoms with van der Waals surface area (Å²) < 4.78 is 0. The first kappa shape index (κ1) is 13.6. The van der Waals surface area contributed by atoms with Gasteiger partial charge in [0.25, 0.3) is 0 Å². The summed E-state index contributed by atoms with van der Waals surface area (Å²) >= 11 is 0. The van der Waals surface area contributed by atoms with Gasteiger partial charge in [-0.2, -0.15) is 0 Å². The van der Waals surface area contributed by atoms with Crippen molar-refractivity contribution in [2.75, 3.05) is 19.6 Å². The van der Waals surface area contributed by atoms with E-state index >= 15 is 0 Å². The van der Waals surface area contributed by atoms with Crippen LogP contribution in [0.2, 0.25) is 0 Å². The van der Waals surface area contributed by atoms with Gasteiger partial charge in [-0.1, -0.05) is 6.92 Å². The largest absolute Gasteiger partial charge is 0.480 e. The Kier molecular flexibility index (Phi) is 3.92. The minimum Gasteiger partial charge on any atom is -0.480 e. The summed E-state index contributed by atoms with van der Waals surface area (Å²) in [6, 6.07) is -1.08. The molecule has 19 heavy (non-hydrogen) atoms. The van der Waals surface area contributed by atoms with E-state index in [-0.39, 0.29) is 31.1 Å². The maximum absolute atomic E-state index is 12.4. The summed E-state index contributed by atoms with van der Waals surface area (Å²) in [4.78, 5) is 37.9. The maximum atomic E-state index is 12.4. The molecule has 7 heteroatoms. The number of piperazine rings is 1. The highest BCUT2D eigenvalue weighted by Crippen LogP contribution is 2.28. The number of amides is 3. The lowest BCUT2D eigenvalue weighted by atomic mass is 10.2. The van der Waals surface area contributed by atoms with E-state index in [0.717, 1.165) is 19.3 Å². The summed E-state index contributed by atoms with van der Waals surface area (Å²) in [5, 5.41) is 11.6. The number of nitrogens with zero attached hydrogens (tertiary/aromatic N) is 2. The van der Waals surface area contributed by atoms with Gasteiger partial charge in [-0.3, -0.25) is 9.69 Å². The Bertz CT molecular complexity index is 394. The number of rotatable bonds is 4. The summed E-state index contributed by atoms with van der Waals surface area (Å²) in [7, 11) is 0. The molecule has 1 saturated carbocycles. The van der Waals surface area contributed by atoms with E-state index in [0.29, 0.717) is 6.54 Å². The zero-order chi connectivity index (χ0) is 14.0. The molecule has 2 N–H and O–H groups in total. The molecule has 0 radical (unpaired) electrons. The zero-order valence-corrected chi connectivity index (χ0v) is 11.0. The van der Waals surface area contributed by atoms with Crippen LogP contribution in [0, 0.1) is 0 Å². The van der Waals surface area contributed by atoms with Crippen molar-refractivity contribution >= 4 is 17.9 Å². The van der Waals surface area contributed by atoms with Crippen molar-refractivity contribution in [3.05, 3.63) is 0 Å². The molecule has 0 bridgehead atoms. The number of hydrogen-bond donors (Lipinski definition) is 2. The molecular formula is C12H19N3O4. The Hall–Kier alpha value is -1.79. The van der Waals surface area contributed by atoms with E-state index < -0.39 is 12.0 Å². The van der Waals surface area contributed by atoms with Crippen molar-refractivity contribution in [3.8, 4) is 0 Å². The SMILES string of the molecule is CCCN(C(=O)N1CC(=O)NCC1C(=O)O)C1CC1. The fraction of sp³-hybridized carbons (Fsp3) is 0.750. The lowest BCUT2D eigenvalue weighted by Crippen LogP contribution is -2.62. The summed E-state index contributed by atoms with van der Waals surface area (Å²) in [5.41, 5.74) is 0. The van der Waals surface area contributed by atoms with Crippen molar-refractivity contribution in [2.24, 2.45) is 0 Å². The first-order valence-electron chi connectivity index (χ1n) is 6.61. The van der Waals surface area contributed by atoms with Crippen molar-refractivity contribution in [1.29, 1.82) is 0 Å². The molecule has 1 unspecified atom stereocenters. The molecule has 0 aromatic carbocycles. The molecule has 2 rings (SSSR count). The van der Waals surface area contributed by atoms with Crippen LogP contribution in [0.4, 0.5) is 4.79 Å². The molecule has 0 aromatic rings. The molecular weight excluding hydrogens is 250 g/mol. The summed E-state index contributed by atoms with van der Waals surface area (Å²) in [6.07, 6.45) is 2.74. The number of aliphatic carboxylic acids is 1. The first-order chi connectivity index (χ1) is 9.04. The first-order valence-corrected chi connectivity index (χ1v) is 6.61. The second kappa shape index (κ2) is 5.46. The van der Waals surface area contributed by atoms with Gasteiger partial charge in [0.1, 0.15) is 12.6 Å². The van der Waals surface area contributed by atoms with Crippen molar-refractivity contribution in [2.45, 2.75) is 38.3 Å². The average molecular weight is 269 g/mol. The van der Waals surface area contributed by atoms with E-state index in [9.17, 15) is 14.4 Å². The van der Waals surface area contributed by atoms with Crippen molar-refractivity contribution in [1.82, 2.24) is 15.1 Å². The van der Waals surface area contributed by atoms with Gasteiger partial charge in [-0.05, 0) is 19.3 Å². The van der Waals surface area contributed by atoms with Crippen LogP contribution >= 0.6 is 0 Å². The number of urea groups is 1. The molecule has 106 valence electrons. The van der Waals surface area contributed by atoms with Gasteiger partial charge in [-0.25, -0.2) is 9.59 Å². The second-order valence-corrected chi connectivity index (χ2v) is 4.99. The number of nitrogens with one attached hydrogen (secondary N) is 1. The molecule has 1 atom stereocenters. The number of carboxylic acid groups (broad SMARTS) is 1. The van der Waals surface area contributed by atoms with Crippen molar-refractivity contribution < 1.29 is 19.5 Å². The third-order valence-electron chi connectivity index (χ3n) is 3.41. The Morgan fingerprint density at radius 2 is 2.16 bits per heavy atom. The normalized spacial score (nSPS) is 22.9. The standard InChI is InChI=1S/C12H19N3O4/c1-2-5-14(8-3-4-8)12(19)15-7-10(16)13-6-9(15)11(17)18/h8-9H,2-7H2,1H3,(H,13,16)(H,17,18). The van der Waals surface area contributed by atoms with Crippen LogP contribution in [0.5, 0.6) is 0 Å². The monoisotopic (exact) mass is 269 g/mol. The highest BCUT2D eigenvalue weighted by molar-refractivity contribution is 5.90. The molecule has 1 heterocycles. The second-order valence-electron chi connectivity index (χ2n) is 4.99. The van der Waals surface area contributed by atoms with Crippen LogP contribution in [-0.2, 0) is 9.59 Å². The minimum atomic E-state index is -1.08. The van der Waals surface area contributed by atoms with Crippen LogP contribution in [0.25, 0.3) is 0 Å². The molecule has 0 spiro atoms. The van der Waals surface area contributed by atoms with Crippen LogP contribution in [0.3, 0.4) is 0 Å². The lowest BCUT2D eigenvalue weighted by molar-refractivity contribution is -0.144. The third kappa shape index (κ3) is 2.97. The van der Waals surface area contributed by atoms with Gasteiger partial charge in [0, 0.05) is 19.1 Å². The zero-order valence-electron chi connectivity index (χ0n) is 11.0. The summed E-state index contributed by atoms with van der Waals surface area (Å²) in [5.74, 6) is -1.39. The Morgan fingerprint density at radius 1 is 1.47 bits per heavy atom. The summed E-state index contributed by atoms with van der Waals surface area (Å²) in [6.45, 7) is 2.38. The maximum Gasteiger partial charge on any atom is 0.328 e. The van der Waals surface area contributed by atoms with Gasteiger partial charge < -0.3 is 15.3 Å². The smallest absolute Gasteiger partial charge is 0.328 e. The molecule has 2 aliphatic rings. The van der Waals surface area contributed by atoms with E-state index in [4.69, 9.17) is 5.11 Å². The number of carbonyl (C=O) groups is 3. The van der Waals surface area contributed by atoms with Gasteiger partial charge in [-0.15, -0.1) is 0 Å². The van der Waals surface area contributed by atoms with Crippen molar-refractivity contribution in [3.63, 3.8) is 0 Å². The van der Waals surface area contributed by atoms with Crippen LogP contribution in [0.1, 0.15) is 26.2 Å². The molecule has 1 aliphatic heterocycles. The molecule has 1 aliphatic carbocycles. The molecule has 2 fully saturated rings. The van der Waals surface area contributed by atoms with Gasteiger partial charge in [0.2, 0.25) is 5.91 Å². The Morgan fingerprint density at radius 3 is 2.68 bits per heavy atom. The van der Waals surface area contributed by atoms with E-state index in [2.05, 4.69) is 5.32 Å². The Balaban J connectivity index is 2.12. The topological polar surface area (TPSA) is 90.0 Å². The fourth-order valence-electron chi connectivity index (χ4n) is 2.29. The minimum absolute atomic E-state index is 0.0233. The number of carbonyl (C=O) groups excluding carboxylic acids is 2. The quantitative estimate of drug-likeness (QED) is 0.743. The predicted molar refractivity (Wildman–Crippen MR) is 66.6 cm³/mol. The number of hydrogen-bond acceptors (Lipinski definition) is 3.